The molecule has 6 aromatic rings. The minimum atomic E-state index is -0.254. The first-order chi connectivity index (χ1) is 36.8. The Morgan fingerprint density at radius 1 is 0.474 bits per heavy atom. The first kappa shape index (κ1) is 63.8. The Morgan fingerprint density at radius 3 is 1.09 bits per heavy atom. The molecule has 0 fully saturated rings. The number of hydrogen-bond donors (Lipinski definition) is 14. The third-order valence-corrected chi connectivity index (χ3v) is 13.3. The average molecular weight is 1190 g/mol. The van der Waals surface area contributed by atoms with Crippen LogP contribution in [0.3, 0.4) is 0 Å². The van der Waals surface area contributed by atoms with Crippen LogP contribution < -0.4 is 64.6 Å². The van der Waals surface area contributed by atoms with Gasteiger partial charge < -0.3 is 64.2 Å². The number of aromatic nitrogens is 4. The lowest BCUT2D eigenvalue weighted by atomic mass is 10.2. The van der Waals surface area contributed by atoms with Gasteiger partial charge in [0.05, 0.1) is 45.1 Å². The Kier molecular flexibility index (Phi) is 32.7. The lowest BCUT2D eigenvalue weighted by Gasteiger charge is -2.11. The van der Waals surface area contributed by atoms with Crippen LogP contribution in [0.1, 0.15) is 75.5 Å². The average Bonchev–Trinajstić information content (AvgIpc) is 4.28. The van der Waals surface area contributed by atoms with Crippen molar-refractivity contribution < 1.29 is 29.4 Å². The van der Waals surface area contributed by atoms with E-state index in [0.29, 0.717) is 50.6 Å². The summed E-state index contributed by atoms with van der Waals surface area (Å²) in [5, 5.41) is 51.6. The Bertz CT molecular complexity index is 2500. The van der Waals surface area contributed by atoms with Crippen molar-refractivity contribution in [3.05, 3.63) is 116 Å². The molecule has 0 radical (unpaired) electrons. The topological polar surface area (TPSA) is 333 Å². The lowest BCUT2D eigenvalue weighted by Crippen LogP contribution is -2.42. The summed E-state index contributed by atoms with van der Waals surface area (Å²) in [7, 11) is 0. The van der Waals surface area contributed by atoms with Crippen LogP contribution in [-0.2, 0) is 13.2 Å². The Balaban J connectivity index is 0.000000278. The van der Waals surface area contributed by atoms with Gasteiger partial charge in [0.1, 0.15) is 0 Å². The van der Waals surface area contributed by atoms with Crippen LogP contribution in [0.2, 0.25) is 0 Å². The molecule has 76 heavy (non-hydrogen) atoms. The number of nitrogens with two attached hydrogens (primary N) is 2. The molecule has 2 amide bonds. The first-order valence-corrected chi connectivity index (χ1v) is 28.0. The van der Waals surface area contributed by atoms with E-state index in [1.165, 1.54) is 45.3 Å². The SMILES string of the molecule is NC(=S)NCCCNC(N)=S.O=C(NC(=S)NCCCNC(=S)NC(=O)c1ccccc1)c1ccccc1.O=Cc1cnc(NCCCNc2ncc(C=O)s2)s1.OCc1cnc(NCCCNc2ncc(CO)s2)s1. The zero-order chi connectivity index (χ0) is 55.2. The van der Waals surface area contributed by atoms with Crippen LogP contribution >= 0.6 is 94.2 Å². The number of aliphatic hydroxyl groups is 2. The van der Waals surface area contributed by atoms with E-state index in [-0.39, 0.29) is 35.3 Å². The molecule has 0 spiro atoms. The molecule has 4 heterocycles. The van der Waals surface area contributed by atoms with E-state index in [0.717, 1.165) is 101 Å². The van der Waals surface area contributed by atoms with E-state index in [1.54, 1.807) is 73.3 Å². The zero-order valence-electron chi connectivity index (χ0n) is 40.9. The molecule has 6 rings (SSSR count). The normalized spacial score (nSPS) is 9.92. The van der Waals surface area contributed by atoms with Crippen molar-refractivity contribution in [1.29, 1.82) is 0 Å². The third-order valence-electron chi connectivity index (χ3n) is 8.91. The van der Waals surface area contributed by atoms with Crippen molar-refractivity contribution in [3.8, 4) is 0 Å². The van der Waals surface area contributed by atoms with Gasteiger partial charge in [-0.3, -0.25) is 29.8 Å². The number of nitrogens with zero attached hydrogens (tertiary/aromatic N) is 4. The van der Waals surface area contributed by atoms with Gasteiger partial charge in [0.2, 0.25) is 0 Å². The predicted molar refractivity (Wildman–Crippen MR) is 322 cm³/mol. The van der Waals surface area contributed by atoms with Gasteiger partial charge in [-0.25, -0.2) is 19.9 Å². The second-order valence-corrected chi connectivity index (χ2v) is 20.9. The van der Waals surface area contributed by atoms with Crippen molar-refractivity contribution in [3.63, 3.8) is 0 Å². The zero-order valence-corrected chi connectivity index (χ0v) is 47.4. The third kappa shape index (κ3) is 29.0. The molecule has 0 aliphatic carbocycles. The minimum absolute atomic E-state index is 0.0398. The summed E-state index contributed by atoms with van der Waals surface area (Å²) in [6.07, 6.45) is 11.4. The number of carbonyl (C=O) groups excluding carboxylic acids is 4. The standard InChI is InChI=1S/C19H20N4O2S2.C11H16N4O2S2.C11H12N4O2S2.C5H12N4S2/c24-16(14-8-3-1-4-9-14)22-18(26)20-12-7-13-21-19(27)23-17(25)15-10-5-2-6-11-15;2*16-6-8-4-14-10(18-8)12-2-1-3-13-11-15-5-9(7-17)19-11;6-4(10)8-2-1-3-9-5(7)11/h1-6,8-11H,7,12-13H2,(H2,20,22,24,26)(H2,21,23,25,27);4-5,16-17H,1-3,6-7H2,(H,12,14)(H,13,15);4-7H,1-3H2,(H,12,14)(H,13,15);1-3H2,(H3,6,8,10)(H3,7,9,11). The van der Waals surface area contributed by atoms with Gasteiger partial charge in [0, 0.05) is 75.9 Å². The monoisotopic (exact) mass is 1190 g/mol. The summed E-state index contributed by atoms with van der Waals surface area (Å²) in [6, 6.07) is 17.7. The summed E-state index contributed by atoms with van der Waals surface area (Å²) in [5.74, 6) is -0.507. The highest BCUT2D eigenvalue weighted by atomic mass is 32.1. The minimum Gasteiger partial charge on any atom is -0.391 e. The van der Waals surface area contributed by atoms with Gasteiger partial charge in [-0.05, 0) is 98.8 Å². The molecule has 22 nitrogen and oxygen atoms in total. The molecular weight excluding hydrogens is 1130 g/mol. The maximum atomic E-state index is 11.9. The Hall–Kier alpha value is -6.48. The van der Waals surface area contributed by atoms with E-state index < -0.39 is 0 Å². The van der Waals surface area contributed by atoms with Crippen LogP contribution in [-0.4, -0.2) is 127 Å². The predicted octanol–water partition coefficient (Wildman–Crippen LogP) is 4.67. The van der Waals surface area contributed by atoms with E-state index in [1.807, 2.05) is 12.1 Å². The fourth-order valence-corrected chi connectivity index (χ4v) is 8.65. The highest BCUT2D eigenvalue weighted by Crippen LogP contribution is 2.20. The van der Waals surface area contributed by atoms with Crippen LogP contribution in [0, 0.1) is 0 Å². The highest BCUT2D eigenvalue weighted by Gasteiger charge is 2.09. The molecule has 408 valence electrons. The first-order valence-electron chi connectivity index (χ1n) is 23.1. The number of hydrogen-bond acceptors (Lipinski definition) is 22. The summed E-state index contributed by atoms with van der Waals surface area (Å²) in [4.78, 5) is 64.2. The highest BCUT2D eigenvalue weighted by molar-refractivity contribution is 7.80. The van der Waals surface area contributed by atoms with Crippen molar-refractivity contribution in [2.45, 2.75) is 38.9 Å². The van der Waals surface area contributed by atoms with Crippen LogP contribution in [0.25, 0.3) is 0 Å². The van der Waals surface area contributed by atoms with Crippen LogP contribution in [0.15, 0.2) is 85.5 Å². The molecule has 0 aliphatic heterocycles. The lowest BCUT2D eigenvalue weighted by molar-refractivity contribution is 0.0968. The molecule has 2 aromatic carbocycles. The number of aldehydes is 2. The number of thiazole rings is 4. The second kappa shape index (κ2) is 39.0. The fraction of sp³-hybridized carbons (Fsp3) is 0.304. The van der Waals surface area contributed by atoms with Gasteiger partial charge in [0.15, 0.2) is 53.5 Å². The Labute approximate surface area is 477 Å². The molecule has 0 unspecified atom stereocenters. The summed E-state index contributed by atoms with van der Waals surface area (Å²) < 4.78 is 0. The van der Waals surface area contributed by atoms with Gasteiger partial charge in [-0.1, -0.05) is 81.7 Å². The fourth-order valence-electron chi connectivity index (χ4n) is 5.35. The van der Waals surface area contributed by atoms with E-state index in [2.05, 4.69) is 97.5 Å². The molecule has 0 saturated heterocycles. The number of benzene rings is 2. The number of carbonyl (C=O) groups is 4. The molecule has 4 aromatic heterocycles. The number of nitrogens with one attached hydrogen (secondary N) is 10. The molecule has 30 heteroatoms. The van der Waals surface area contributed by atoms with Gasteiger partial charge >= 0.3 is 0 Å². The molecular formula is C46H60N16O6S8. The van der Waals surface area contributed by atoms with Crippen LogP contribution in [0.4, 0.5) is 20.5 Å². The van der Waals surface area contributed by atoms with Crippen LogP contribution in [0.5, 0.6) is 0 Å². The summed E-state index contributed by atoms with van der Waals surface area (Å²) in [5.41, 5.74) is 11.5. The van der Waals surface area contributed by atoms with Crippen molar-refractivity contribution in [2.75, 3.05) is 73.6 Å². The van der Waals surface area contributed by atoms with E-state index in [9.17, 15) is 19.2 Å². The molecule has 16 N–H and O–H groups in total. The van der Waals surface area contributed by atoms with Crippen molar-refractivity contribution in [1.82, 2.24) is 51.8 Å². The largest absolute Gasteiger partial charge is 0.391 e. The number of aliphatic hydroxyl groups excluding tert-OH is 2. The smallest absolute Gasteiger partial charge is 0.257 e. The number of thiocarbonyl (C=S) groups is 4. The van der Waals surface area contributed by atoms with E-state index >= 15 is 0 Å². The van der Waals surface area contributed by atoms with Gasteiger partial charge in [-0.15, -0.1) is 0 Å². The quantitative estimate of drug-likeness (QED) is 0.0199. The number of anilines is 4. The molecule has 0 bridgehead atoms. The van der Waals surface area contributed by atoms with Gasteiger partial charge in [-0.2, -0.15) is 0 Å². The molecule has 0 atom stereocenters. The van der Waals surface area contributed by atoms with Crippen molar-refractivity contribution in [2.24, 2.45) is 11.5 Å². The van der Waals surface area contributed by atoms with Gasteiger partial charge in [0.25, 0.3) is 11.8 Å². The maximum absolute atomic E-state index is 11.9. The number of amides is 2. The van der Waals surface area contributed by atoms with E-state index in [4.69, 9.17) is 46.1 Å². The summed E-state index contributed by atoms with van der Waals surface area (Å²) in [6.45, 7) is 5.79. The molecule has 0 saturated carbocycles. The van der Waals surface area contributed by atoms with Crippen molar-refractivity contribution >= 4 is 160 Å². The second-order valence-electron chi connectivity index (χ2n) is 14.8. The maximum Gasteiger partial charge on any atom is 0.257 e. The Morgan fingerprint density at radius 2 is 0.789 bits per heavy atom. The molecule has 0 aliphatic rings. The number of rotatable bonds is 26. The summed E-state index contributed by atoms with van der Waals surface area (Å²) >= 11 is 25.0.